The number of aryl methyl sites for hydroxylation is 1. The molecule has 1 N–H and O–H groups in total. The third-order valence-corrected chi connectivity index (χ3v) is 6.67. The maximum absolute atomic E-state index is 13.0. The number of piperidine rings is 1. The van der Waals surface area contributed by atoms with E-state index in [0.29, 0.717) is 18.5 Å². The van der Waals surface area contributed by atoms with Crippen molar-refractivity contribution in [2.24, 2.45) is 11.3 Å². The van der Waals surface area contributed by atoms with Crippen molar-refractivity contribution < 1.29 is 14.6 Å². The van der Waals surface area contributed by atoms with Crippen LogP contribution in [0, 0.1) is 18.3 Å². The third kappa shape index (κ3) is 3.28. The minimum Gasteiger partial charge on any atom is -0.396 e. The summed E-state index contributed by atoms with van der Waals surface area (Å²) in [4.78, 5) is 17.5. The lowest BCUT2D eigenvalue weighted by Crippen LogP contribution is -2.54. The van der Waals surface area contributed by atoms with E-state index in [1.54, 1.807) is 0 Å². The van der Waals surface area contributed by atoms with Crippen LogP contribution in [-0.2, 0) is 4.74 Å². The van der Waals surface area contributed by atoms with E-state index in [0.717, 1.165) is 63.2 Å². The fourth-order valence-electron chi connectivity index (χ4n) is 5.12. The number of amides is 1. The van der Waals surface area contributed by atoms with Gasteiger partial charge in [-0.1, -0.05) is 17.7 Å². The SMILES string of the molecule is Cc1cccc(C(=O)N2C[C@@H]3CCN(C4CCOCC4)C[C@]3(CO)C2)c1. The van der Waals surface area contributed by atoms with Gasteiger partial charge in [-0.2, -0.15) is 0 Å². The van der Waals surface area contributed by atoms with E-state index in [9.17, 15) is 9.90 Å². The molecule has 5 heteroatoms. The smallest absolute Gasteiger partial charge is 0.253 e. The summed E-state index contributed by atoms with van der Waals surface area (Å²) in [6, 6.07) is 8.39. The third-order valence-electron chi connectivity index (χ3n) is 6.67. The number of benzene rings is 1. The first-order valence-electron chi connectivity index (χ1n) is 9.90. The Hall–Kier alpha value is -1.43. The van der Waals surface area contributed by atoms with Gasteiger partial charge in [0.15, 0.2) is 0 Å². The Balaban J connectivity index is 1.49. The molecule has 3 aliphatic heterocycles. The normalized spacial score (nSPS) is 30.4. The molecule has 0 aliphatic carbocycles. The van der Waals surface area contributed by atoms with Gasteiger partial charge in [-0.25, -0.2) is 0 Å². The highest BCUT2D eigenvalue weighted by Crippen LogP contribution is 2.43. The van der Waals surface area contributed by atoms with E-state index in [-0.39, 0.29) is 17.9 Å². The summed E-state index contributed by atoms with van der Waals surface area (Å²) in [5, 5.41) is 10.3. The summed E-state index contributed by atoms with van der Waals surface area (Å²) in [6.07, 6.45) is 3.23. The number of rotatable bonds is 3. The van der Waals surface area contributed by atoms with E-state index in [2.05, 4.69) is 4.90 Å². The first-order valence-corrected chi connectivity index (χ1v) is 9.90. The highest BCUT2D eigenvalue weighted by molar-refractivity contribution is 5.94. The van der Waals surface area contributed by atoms with E-state index in [1.807, 2.05) is 36.1 Å². The first kappa shape index (κ1) is 18.0. The van der Waals surface area contributed by atoms with Crippen molar-refractivity contribution in [1.29, 1.82) is 0 Å². The van der Waals surface area contributed by atoms with E-state index in [4.69, 9.17) is 4.74 Å². The fraction of sp³-hybridized carbons (Fsp3) is 0.667. The molecule has 0 unspecified atom stereocenters. The lowest BCUT2D eigenvalue weighted by Gasteiger charge is -2.46. The molecule has 4 rings (SSSR count). The molecule has 3 aliphatic rings. The molecule has 142 valence electrons. The summed E-state index contributed by atoms with van der Waals surface area (Å²) < 4.78 is 5.51. The molecular weight excluding hydrogens is 328 g/mol. The summed E-state index contributed by atoms with van der Waals surface area (Å²) in [6.45, 7) is 7.27. The van der Waals surface area contributed by atoms with Gasteiger partial charge in [-0.15, -0.1) is 0 Å². The molecule has 1 amide bonds. The second kappa shape index (κ2) is 7.29. The van der Waals surface area contributed by atoms with Crippen molar-refractivity contribution in [3.63, 3.8) is 0 Å². The van der Waals surface area contributed by atoms with E-state index in [1.165, 1.54) is 0 Å². The second-order valence-corrected chi connectivity index (χ2v) is 8.38. The topological polar surface area (TPSA) is 53.0 Å². The largest absolute Gasteiger partial charge is 0.396 e. The van der Waals surface area contributed by atoms with Gasteiger partial charge in [0.25, 0.3) is 5.91 Å². The van der Waals surface area contributed by atoms with Crippen LogP contribution in [0.1, 0.15) is 35.2 Å². The molecule has 2 atom stereocenters. The number of aliphatic hydroxyl groups is 1. The number of carbonyl (C=O) groups excluding carboxylic acids is 1. The molecule has 0 spiro atoms. The zero-order chi connectivity index (χ0) is 18.1. The average Bonchev–Trinajstić information content (AvgIpc) is 3.07. The van der Waals surface area contributed by atoms with Crippen LogP contribution < -0.4 is 0 Å². The Morgan fingerprint density at radius 3 is 2.81 bits per heavy atom. The average molecular weight is 358 g/mol. The fourth-order valence-corrected chi connectivity index (χ4v) is 5.12. The molecule has 1 aromatic carbocycles. The van der Waals surface area contributed by atoms with Gasteiger partial charge in [0.2, 0.25) is 0 Å². The van der Waals surface area contributed by atoms with Crippen molar-refractivity contribution in [3.8, 4) is 0 Å². The molecule has 26 heavy (non-hydrogen) atoms. The standard InChI is InChI=1S/C21H30N2O3/c1-16-3-2-4-17(11-16)20(25)23-12-18-5-8-22(13-21(18,14-23)15-24)19-6-9-26-10-7-19/h2-4,11,18-19,24H,5-10,12-15H2,1H3/t18-,21+/m0/s1. The van der Waals surface area contributed by atoms with E-state index < -0.39 is 0 Å². The first-order chi connectivity index (χ1) is 12.6. The Bertz CT molecular complexity index is 658. The highest BCUT2D eigenvalue weighted by Gasteiger charge is 2.51. The predicted molar refractivity (Wildman–Crippen MR) is 100 cm³/mol. The Labute approximate surface area is 155 Å². The molecule has 5 nitrogen and oxygen atoms in total. The predicted octanol–water partition coefficient (Wildman–Crippen LogP) is 1.93. The quantitative estimate of drug-likeness (QED) is 0.897. The summed E-state index contributed by atoms with van der Waals surface area (Å²) in [7, 11) is 0. The highest BCUT2D eigenvalue weighted by atomic mass is 16.5. The maximum atomic E-state index is 13.0. The van der Waals surface area contributed by atoms with Crippen LogP contribution >= 0.6 is 0 Å². The molecule has 1 aromatic rings. The van der Waals surface area contributed by atoms with Crippen LogP contribution in [0.5, 0.6) is 0 Å². The molecule has 0 aromatic heterocycles. The summed E-state index contributed by atoms with van der Waals surface area (Å²) in [5.74, 6) is 0.505. The minimum absolute atomic E-state index is 0.105. The Morgan fingerprint density at radius 1 is 1.27 bits per heavy atom. The summed E-state index contributed by atoms with van der Waals surface area (Å²) >= 11 is 0. The van der Waals surface area contributed by atoms with Crippen molar-refractivity contribution in [2.75, 3.05) is 46.0 Å². The van der Waals surface area contributed by atoms with Crippen molar-refractivity contribution in [1.82, 2.24) is 9.80 Å². The monoisotopic (exact) mass is 358 g/mol. The lowest BCUT2D eigenvalue weighted by molar-refractivity contribution is -0.0351. The zero-order valence-corrected chi connectivity index (χ0v) is 15.7. The van der Waals surface area contributed by atoms with Crippen molar-refractivity contribution in [3.05, 3.63) is 35.4 Å². The number of fused-ring (bicyclic) bond motifs is 1. The number of hydrogen-bond acceptors (Lipinski definition) is 4. The molecular formula is C21H30N2O3. The molecule has 3 saturated heterocycles. The summed E-state index contributed by atoms with van der Waals surface area (Å²) in [5.41, 5.74) is 1.70. The number of likely N-dealkylation sites (tertiary alicyclic amines) is 2. The number of carbonyl (C=O) groups is 1. The van der Waals surface area contributed by atoms with Gasteiger partial charge >= 0.3 is 0 Å². The van der Waals surface area contributed by atoms with Crippen LogP contribution in [0.25, 0.3) is 0 Å². The Kier molecular flexibility index (Phi) is 5.04. The second-order valence-electron chi connectivity index (χ2n) is 8.38. The van der Waals surface area contributed by atoms with Crippen LogP contribution in [0.2, 0.25) is 0 Å². The molecule has 0 saturated carbocycles. The van der Waals surface area contributed by atoms with Crippen LogP contribution in [0.4, 0.5) is 0 Å². The number of aliphatic hydroxyl groups excluding tert-OH is 1. The van der Waals surface area contributed by atoms with Gasteiger partial charge in [-0.3, -0.25) is 9.69 Å². The molecule has 0 radical (unpaired) electrons. The van der Waals surface area contributed by atoms with Gasteiger partial charge in [-0.05, 0) is 50.8 Å². The van der Waals surface area contributed by atoms with Crippen LogP contribution in [-0.4, -0.2) is 72.9 Å². The van der Waals surface area contributed by atoms with Gasteiger partial charge < -0.3 is 14.7 Å². The molecule has 3 fully saturated rings. The van der Waals surface area contributed by atoms with Gasteiger partial charge in [0.05, 0.1) is 6.61 Å². The van der Waals surface area contributed by atoms with Crippen LogP contribution in [0.15, 0.2) is 24.3 Å². The maximum Gasteiger partial charge on any atom is 0.253 e. The van der Waals surface area contributed by atoms with Crippen molar-refractivity contribution in [2.45, 2.75) is 32.2 Å². The lowest BCUT2D eigenvalue weighted by atomic mass is 9.73. The molecule has 0 bridgehead atoms. The molecule has 3 heterocycles. The number of hydrogen-bond donors (Lipinski definition) is 1. The Morgan fingerprint density at radius 2 is 2.08 bits per heavy atom. The van der Waals surface area contributed by atoms with Crippen LogP contribution in [0.3, 0.4) is 0 Å². The van der Waals surface area contributed by atoms with Gasteiger partial charge in [0.1, 0.15) is 0 Å². The number of nitrogens with zero attached hydrogens (tertiary/aromatic N) is 2. The minimum atomic E-state index is -0.171. The van der Waals surface area contributed by atoms with Crippen molar-refractivity contribution >= 4 is 5.91 Å². The van der Waals surface area contributed by atoms with E-state index >= 15 is 0 Å². The van der Waals surface area contributed by atoms with Gasteiger partial charge in [0, 0.05) is 49.9 Å². The zero-order valence-electron chi connectivity index (χ0n) is 15.7. The number of ether oxygens (including phenoxy) is 1.